The summed E-state index contributed by atoms with van der Waals surface area (Å²) in [5.41, 5.74) is 0. The average Bonchev–Trinajstić information content (AvgIpc) is 2.19. The first-order valence-electron chi connectivity index (χ1n) is 5.07. The van der Waals surface area contributed by atoms with E-state index < -0.39 is 0 Å². The highest BCUT2D eigenvalue weighted by atomic mass is 16.3. The maximum absolute atomic E-state index is 9.13. The molecule has 2 N–H and O–H groups in total. The maximum atomic E-state index is 9.13. The normalized spacial score (nSPS) is 28.3. The molecule has 1 saturated carbocycles. The summed E-state index contributed by atoms with van der Waals surface area (Å²) < 4.78 is 0. The Kier molecular flexibility index (Phi) is 4.81. The molecule has 0 aliphatic heterocycles. The minimum Gasteiger partial charge on any atom is -0.396 e. The Bertz CT molecular complexity index is 176. The molecule has 1 fully saturated rings. The zero-order valence-corrected chi connectivity index (χ0v) is 8.00. The fourth-order valence-electron chi connectivity index (χ4n) is 2.11. The first-order chi connectivity index (χ1) is 6.38. The molecule has 0 radical (unpaired) electrons. The molecule has 0 aromatic rings. The van der Waals surface area contributed by atoms with Gasteiger partial charge < -0.3 is 10.4 Å². The monoisotopic (exact) mass is 182 g/mol. The number of rotatable bonds is 4. The Balaban J connectivity index is 2.24. The number of hydrogen-bond acceptors (Lipinski definition) is 3. The van der Waals surface area contributed by atoms with Gasteiger partial charge in [0.2, 0.25) is 0 Å². The first-order valence-corrected chi connectivity index (χ1v) is 5.07. The topological polar surface area (TPSA) is 56.0 Å². The Morgan fingerprint density at radius 1 is 1.31 bits per heavy atom. The molecule has 0 spiro atoms. The van der Waals surface area contributed by atoms with E-state index in [0.29, 0.717) is 25.0 Å². The molecule has 0 amide bonds. The second kappa shape index (κ2) is 5.95. The smallest absolute Gasteiger partial charge is 0.0841 e. The van der Waals surface area contributed by atoms with Gasteiger partial charge in [0.25, 0.3) is 0 Å². The van der Waals surface area contributed by atoms with Crippen LogP contribution in [0.4, 0.5) is 0 Å². The summed E-state index contributed by atoms with van der Waals surface area (Å²) >= 11 is 0. The third kappa shape index (κ3) is 3.33. The van der Waals surface area contributed by atoms with E-state index >= 15 is 0 Å². The molecule has 1 rings (SSSR count). The predicted molar refractivity (Wildman–Crippen MR) is 51.0 cm³/mol. The summed E-state index contributed by atoms with van der Waals surface area (Å²) in [4.78, 5) is 0. The van der Waals surface area contributed by atoms with Gasteiger partial charge >= 0.3 is 0 Å². The van der Waals surface area contributed by atoms with E-state index in [4.69, 9.17) is 10.4 Å². The number of nitrogens with one attached hydrogen (secondary N) is 1. The molecule has 2 atom stereocenters. The lowest BCUT2D eigenvalue weighted by Crippen LogP contribution is -2.32. The Morgan fingerprint density at radius 2 is 2.00 bits per heavy atom. The highest BCUT2D eigenvalue weighted by Gasteiger charge is 2.23. The van der Waals surface area contributed by atoms with Crippen molar-refractivity contribution in [3.63, 3.8) is 0 Å². The van der Waals surface area contributed by atoms with E-state index in [2.05, 4.69) is 11.4 Å². The lowest BCUT2D eigenvalue weighted by atomic mass is 9.80. The fourth-order valence-corrected chi connectivity index (χ4v) is 2.11. The summed E-state index contributed by atoms with van der Waals surface area (Å²) in [6.45, 7) is 1.62. The quantitative estimate of drug-likeness (QED) is 0.501. The molecule has 0 bridgehead atoms. The summed E-state index contributed by atoms with van der Waals surface area (Å²) in [6, 6.07) is 2.07. The number of aliphatic hydroxyl groups is 1. The Hall–Kier alpha value is -0.590. The first kappa shape index (κ1) is 10.5. The van der Waals surface area contributed by atoms with Crippen molar-refractivity contribution in [3.05, 3.63) is 0 Å². The largest absolute Gasteiger partial charge is 0.396 e. The lowest BCUT2D eigenvalue weighted by Gasteiger charge is -2.30. The van der Waals surface area contributed by atoms with E-state index in [1.165, 1.54) is 19.3 Å². The van der Waals surface area contributed by atoms with Crippen LogP contribution >= 0.6 is 0 Å². The molecule has 1 aliphatic rings. The highest BCUT2D eigenvalue weighted by Crippen LogP contribution is 2.28. The van der Waals surface area contributed by atoms with E-state index in [9.17, 15) is 0 Å². The predicted octanol–water partition coefficient (Wildman–Crippen LogP) is 0.898. The number of nitrogens with zero attached hydrogens (tertiary/aromatic N) is 1. The lowest BCUT2D eigenvalue weighted by molar-refractivity contribution is 0.134. The molecule has 0 aromatic heterocycles. The summed E-state index contributed by atoms with van der Waals surface area (Å²) in [6.07, 6.45) is 4.87. The standard InChI is InChI=1S/C10H18N2O/c11-5-6-12-7-9-3-1-2-4-10(9)8-13/h9-10,12-13H,1-4,6-8H2. The van der Waals surface area contributed by atoms with Crippen molar-refractivity contribution < 1.29 is 5.11 Å². The fraction of sp³-hybridized carbons (Fsp3) is 0.900. The molecule has 0 aromatic carbocycles. The van der Waals surface area contributed by atoms with Crippen molar-refractivity contribution in [2.45, 2.75) is 25.7 Å². The van der Waals surface area contributed by atoms with Crippen LogP contribution in [0.3, 0.4) is 0 Å². The second-order valence-corrected chi connectivity index (χ2v) is 3.78. The van der Waals surface area contributed by atoms with Crippen molar-refractivity contribution in [1.29, 1.82) is 5.26 Å². The Morgan fingerprint density at radius 3 is 2.62 bits per heavy atom. The molecule has 0 heterocycles. The third-order valence-corrected chi connectivity index (χ3v) is 2.91. The van der Waals surface area contributed by atoms with Crippen LogP contribution in [0.5, 0.6) is 0 Å². The van der Waals surface area contributed by atoms with Gasteiger partial charge in [0, 0.05) is 6.61 Å². The molecule has 3 heteroatoms. The summed E-state index contributed by atoms with van der Waals surface area (Å²) in [5.74, 6) is 1.03. The Labute approximate surface area is 79.8 Å². The van der Waals surface area contributed by atoms with Gasteiger partial charge in [0.1, 0.15) is 0 Å². The summed E-state index contributed by atoms with van der Waals surface area (Å²) in [7, 11) is 0. The molecule has 2 unspecified atom stereocenters. The second-order valence-electron chi connectivity index (χ2n) is 3.78. The van der Waals surface area contributed by atoms with Crippen molar-refractivity contribution in [1.82, 2.24) is 5.32 Å². The van der Waals surface area contributed by atoms with Gasteiger partial charge in [-0.2, -0.15) is 5.26 Å². The van der Waals surface area contributed by atoms with Gasteiger partial charge in [-0.1, -0.05) is 12.8 Å². The SMILES string of the molecule is N#CCNCC1CCCCC1CO. The molecule has 74 valence electrons. The van der Waals surface area contributed by atoms with Gasteiger partial charge in [-0.3, -0.25) is 0 Å². The maximum Gasteiger partial charge on any atom is 0.0841 e. The third-order valence-electron chi connectivity index (χ3n) is 2.91. The van der Waals surface area contributed by atoms with Gasteiger partial charge in [0.15, 0.2) is 0 Å². The minimum absolute atomic E-state index is 0.304. The number of nitriles is 1. The van der Waals surface area contributed by atoms with E-state index in [1.807, 2.05) is 0 Å². The van der Waals surface area contributed by atoms with Crippen LogP contribution in [0.1, 0.15) is 25.7 Å². The van der Waals surface area contributed by atoms with E-state index in [-0.39, 0.29) is 0 Å². The molecule has 13 heavy (non-hydrogen) atoms. The van der Waals surface area contributed by atoms with Crippen LogP contribution in [0.25, 0.3) is 0 Å². The van der Waals surface area contributed by atoms with Crippen LogP contribution in [0.2, 0.25) is 0 Å². The van der Waals surface area contributed by atoms with Crippen LogP contribution in [0.15, 0.2) is 0 Å². The number of hydrogen-bond donors (Lipinski definition) is 2. The van der Waals surface area contributed by atoms with Gasteiger partial charge in [-0.05, 0) is 31.2 Å². The van der Waals surface area contributed by atoms with Crippen LogP contribution in [-0.2, 0) is 0 Å². The van der Waals surface area contributed by atoms with E-state index in [1.54, 1.807) is 0 Å². The molecular weight excluding hydrogens is 164 g/mol. The molecule has 1 aliphatic carbocycles. The van der Waals surface area contributed by atoms with E-state index in [0.717, 1.165) is 13.0 Å². The molecular formula is C10H18N2O. The van der Waals surface area contributed by atoms with Gasteiger partial charge in [-0.25, -0.2) is 0 Å². The van der Waals surface area contributed by atoms with Crippen LogP contribution in [0, 0.1) is 23.2 Å². The van der Waals surface area contributed by atoms with Crippen molar-refractivity contribution in [2.24, 2.45) is 11.8 Å². The highest BCUT2D eigenvalue weighted by molar-refractivity contribution is 4.79. The van der Waals surface area contributed by atoms with Gasteiger partial charge in [-0.15, -0.1) is 0 Å². The van der Waals surface area contributed by atoms with Crippen molar-refractivity contribution >= 4 is 0 Å². The van der Waals surface area contributed by atoms with Crippen LogP contribution < -0.4 is 5.32 Å². The number of aliphatic hydroxyl groups excluding tert-OH is 1. The van der Waals surface area contributed by atoms with Crippen molar-refractivity contribution in [3.8, 4) is 6.07 Å². The van der Waals surface area contributed by atoms with Crippen molar-refractivity contribution in [2.75, 3.05) is 19.7 Å². The zero-order chi connectivity index (χ0) is 9.52. The average molecular weight is 182 g/mol. The van der Waals surface area contributed by atoms with Gasteiger partial charge in [0.05, 0.1) is 12.6 Å². The van der Waals surface area contributed by atoms with Crippen LogP contribution in [-0.4, -0.2) is 24.8 Å². The zero-order valence-electron chi connectivity index (χ0n) is 8.00. The summed E-state index contributed by atoms with van der Waals surface area (Å²) in [5, 5.41) is 20.6. The molecule has 3 nitrogen and oxygen atoms in total. The molecule has 0 saturated heterocycles. The minimum atomic E-state index is 0.304.